The third kappa shape index (κ3) is 4.11. The minimum atomic E-state index is 0.184. The minimum absolute atomic E-state index is 0.184. The van der Waals surface area contributed by atoms with Crippen molar-refractivity contribution in [1.29, 1.82) is 0 Å². The molecule has 0 fully saturated rings. The van der Waals surface area contributed by atoms with Gasteiger partial charge < -0.3 is 15.3 Å². The van der Waals surface area contributed by atoms with Crippen LogP contribution in [0.5, 0.6) is 0 Å². The lowest BCUT2D eigenvalue weighted by molar-refractivity contribution is 0.304. The molecule has 16 heavy (non-hydrogen) atoms. The van der Waals surface area contributed by atoms with Crippen molar-refractivity contribution in [2.24, 2.45) is 5.92 Å². The highest BCUT2D eigenvalue weighted by atomic mass is 16.3. The van der Waals surface area contributed by atoms with E-state index in [9.17, 15) is 0 Å². The highest BCUT2D eigenvalue weighted by molar-refractivity contribution is 5.54. The van der Waals surface area contributed by atoms with Gasteiger partial charge in [0.05, 0.1) is 6.61 Å². The molecular formula is C13H22N2O. The van der Waals surface area contributed by atoms with Gasteiger partial charge in [-0.25, -0.2) is 0 Å². The summed E-state index contributed by atoms with van der Waals surface area (Å²) in [4.78, 5) is 2.03. The maximum absolute atomic E-state index is 8.84. The van der Waals surface area contributed by atoms with Gasteiger partial charge in [-0.05, 0) is 30.2 Å². The Morgan fingerprint density at radius 1 is 1.25 bits per heavy atom. The average Bonchev–Trinajstić information content (AvgIpc) is 2.27. The second-order valence-corrected chi connectivity index (χ2v) is 4.47. The Hall–Kier alpha value is -1.22. The molecule has 0 bridgehead atoms. The molecule has 3 nitrogen and oxygen atoms in total. The van der Waals surface area contributed by atoms with Crippen molar-refractivity contribution in [2.75, 3.05) is 37.0 Å². The zero-order chi connectivity index (χ0) is 12.0. The van der Waals surface area contributed by atoms with Gasteiger partial charge in [0.2, 0.25) is 0 Å². The Morgan fingerprint density at radius 3 is 2.38 bits per heavy atom. The van der Waals surface area contributed by atoms with E-state index in [2.05, 4.69) is 43.4 Å². The Kier molecular flexibility index (Phi) is 5.12. The molecule has 0 radical (unpaired) electrons. The van der Waals surface area contributed by atoms with Crippen molar-refractivity contribution in [2.45, 2.75) is 13.8 Å². The van der Waals surface area contributed by atoms with Crippen molar-refractivity contribution in [3.05, 3.63) is 24.3 Å². The molecule has 90 valence electrons. The predicted molar refractivity (Wildman–Crippen MR) is 70.1 cm³/mol. The van der Waals surface area contributed by atoms with E-state index in [4.69, 9.17) is 5.11 Å². The summed E-state index contributed by atoms with van der Waals surface area (Å²) in [5.41, 5.74) is 2.28. The monoisotopic (exact) mass is 222 g/mol. The van der Waals surface area contributed by atoms with Crippen LogP contribution in [0, 0.1) is 5.92 Å². The standard InChI is InChI=1S/C13H22N2O/c1-11(2)10-14-12-4-6-13(7-5-12)15(3)8-9-16/h4-7,11,14,16H,8-10H2,1-3H3. The molecule has 1 aromatic rings. The normalized spacial score (nSPS) is 10.6. The second-order valence-electron chi connectivity index (χ2n) is 4.47. The van der Waals surface area contributed by atoms with Crippen LogP contribution in [0.4, 0.5) is 11.4 Å². The molecule has 0 amide bonds. The van der Waals surface area contributed by atoms with E-state index < -0.39 is 0 Å². The van der Waals surface area contributed by atoms with Crippen molar-refractivity contribution >= 4 is 11.4 Å². The minimum Gasteiger partial charge on any atom is -0.395 e. The van der Waals surface area contributed by atoms with E-state index >= 15 is 0 Å². The number of nitrogens with one attached hydrogen (secondary N) is 1. The molecule has 0 aliphatic heterocycles. The second kappa shape index (κ2) is 6.38. The Bertz CT molecular complexity index is 295. The van der Waals surface area contributed by atoms with E-state index in [1.165, 1.54) is 0 Å². The molecule has 0 aliphatic carbocycles. The Balaban J connectivity index is 2.53. The summed E-state index contributed by atoms with van der Waals surface area (Å²) in [5.74, 6) is 0.650. The average molecular weight is 222 g/mol. The number of anilines is 2. The van der Waals surface area contributed by atoms with Crippen molar-refractivity contribution < 1.29 is 5.11 Å². The number of aliphatic hydroxyl groups is 1. The Morgan fingerprint density at radius 2 is 1.88 bits per heavy atom. The first-order valence-electron chi connectivity index (χ1n) is 5.79. The zero-order valence-electron chi connectivity index (χ0n) is 10.4. The van der Waals surface area contributed by atoms with Crippen LogP contribution in [-0.4, -0.2) is 31.9 Å². The lowest BCUT2D eigenvalue weighted by atomic mass is 10.2. The van der Waals surface area contributed by atoms with Gasteiger partial charge in [0.1, 0.15) is 0 Å². The van der Waals surface area contributed by atoms with E-state index in [0.717, 1.165) is 17.9 Å². The van der Waals surface area contributed by atoms with Gasteiger partial charge in [-0.3, -0.25) is 0 Å². The van der Waals surface area contributed by atoms with Crippen molar-refractivity contribution in [1.82, 2.24) is 0 Å². The van der Waals surface area contributed by atoms with Crippen molar-refractivity contribution in [3.63, 3.8) is 0 Å². The molecule has 0 saturated heterocycles. The maximum Gasteiger partial charge on any atom is 0.0606 e. The summed E-state index contributed by atoms with van der Waals surface area (Å²) in [7, 11) is 1.98. The molecule has 3 heteroatoms. The summed E-state index contributed by atoms with van der Waals surface area (Å²) < 4.78 is 0. The van der Waals surface area contributed by atoms with Gasteiger partial charge in [0.15, 0.2) is 0 Å². The van der Waals surface area contributed by atoms with Gasteiger partial charge in [0, 0.05) is 31.5 Å². The highest BCUT2D eigenvalue weighted by Gasteiger charge is 2.00. The number of benzene rings is 1. The van der Waals surface area contributed by atoms with Crippen LogP contribution in [0.2, 0.25) is 0 Å². The topological polar surface area (TPSA) is 35.5 Å². The molecule has 0 atom stereocenters. The number of rotatable bonds is 6. The number of likely N-dealkylation sites (N-methyl/N-ethyl adjacent to an activating group) is 1. The molecule has 2 N–H and O–H groups in total. The van der Waals surface area contributed by atoms with Crippen LogP contribution in [0.3, 0.4) is 0 Å². The van der Waals surface area contributed by atoms with E-state index in [0.29, 0.717) is 12.5 Å². The van der Waals surface area contributed by atoms with Crippen LogP contribution in [0.25, 0.3) is 0 Å². The van der Waals surface area contributed by atoms with Gasteiger partial charge >= 0.3 is 0 Å². The molecule has 0 heterocycles. The number of hydrogen-bond acceptors (Lipinski definition) is 3. The molecule has 0 spiro atoms. The highest BCUT2D eigenvalue weighted by Crippen LogP contribution is 2.16. The first-order valence-corrected chi connectivity index (χ1v) is 5.79. The van der Waals surface area contributed by atoms with Crippen LogP contribution < -0.4 is 10.2 Å². The van der Waals surface area contributed by atoms with E-state index in [-0.39, 0.29) is 6.61 Å². The zero-order valence-corrected chi connectivity index (χ0v) is 10.4. The molecule has 0 unspecified atom stereocenters. The summed E-state index contributed by atoms with van der Waals surface area (Å²) >= 11 is 0. The molecule has 0 aromatic heterocycles. The summed E-state index contributed by atoms with van der Waals surface area (Å²) in [5, 5.41) is 12.2. The number of aliphatic hydroxyl groups excluding tert-OH is 1. The third-order valence-corrected chi connectivity index (χ3v) is 2.46. The van der Waals surface area contributed by atoms with Crippen LogP contribution in [0.1, 0.15) is 13.8 Å². The van der Waals surface area contributed by atoms with Crippen LogP contribution in [-0.2, 0) is 0 Å². The van der Waals surface area contributed by atoms with Crippen LogP contribution >= 0.6 is 0 Å². The molecule has 0 saturated carbocycles. The molecular weight excluding hydrogens is 200 g/mol. The Labute approximate surface area is 98.1 Å². The summed E-state index contributed by atoms with van der Waals surface area (Å²) in [6.07, 6.45) is 0. The third-order valence-electron chi connectivity index (χ3n) is 2.46. The lowest BCUT2D eigenvalue weighted by Gasteiger charge is -2.18. The van der Waals surface area contributed by atoms with E-state index in [1.807, 2.05) is 11.9 Å². The van der Waals surface area contributed by atoms with Gasteiger partial charge in [-0.1, -0.05) is 13.8 Å². The van der Waals surface area contributed by atoms with E-state index in [1.54, 1.807) is 0 Å². The summed E-state index contributed by atoms with van der Waals surface area (Å²) in [6.45, 7) is 6.22. The molecule has 1 rings (SSSR count). The predicted octanol–water partition coefficient (Wildman–Crippen LogP) is 2.18. The van der Waals surface area contributed by atoms with Crippen molar-refractivity contribution in [3.8, 4) is 0 Å². The number of nitrogens with zero attached hydrogens (tertiary/aromatic N) is 1. The van der Waals surface area contributed by atoms with Gasteiger partial charge in [0.25, 0.3) is 0 Å². The fourth-order valence-electron chi connectivity index (χ4n) is 1.43. The SMILES string of the molecule is CC(C)CNc1ccc(N(C)CCO)cc1. The fourth-order valence-corrected chi connectivity index (χ4v) is 1.43. The summed E-state index contributed by atoms with van der Waals surface area (Å²) in [6, 6.07) is 8.29. The quantitative estimate of drug-likeness (QED) is 0.774. The largest absolute Gasteiger partial charge is 0.395 e. The molecule has 1 aromatic carbocycles. The van der Waals surface area contributed by atoms with Gasteiger partial charge in [-0.15, -0.1) is 0 Å². The lowest BCUT2D eigenvalue weighted by Crippen LogP contribution is -2.20. The molecule has 0 aliphatic rings. The first kappa shape index (κ1) is 12.8. The fraction of sp³-hybridized carbons (Fsp3) is 0.538. The smallest absolute Gasteiger partial charge is 0.0606 e. The maximum atomic E-state index is 8.84. The van der Waals surface area contributed by atoms with Crippen LogP contribution in [0.15, 0.2) is 24.3 Å². The number of hydrogen-bond donors (Lipinski definition) is 2. The van der Waals surface area contributed by atoms with Gasteiger partial charge in [-0.2, -0.15) is 0 Å². The first-order chi connectivity index (χ1) is 7.63.